The first-order valence-electron chi connectivity index (χ1n) is 7.75. The smallest absolute Gasteiger partial charge is 0.266 e. The zero-order chi connectivity index (χ0) is 18.7. The molecule has 4 rings (SSSR count). The van der Waals surface area contributed by atoms with Crippen molar-refractivity contribution < 1.29 is 12.9 Å². The average Bonchev–Trinajstić information content (AvgIpc) is 3.35. The molecule has 1 aromatic carbocycles. The summed E-state index contributed by atoms with van der Waals surface area (Å²) in [5.74, 6) is 0. The summed E-state index contributed by atoms with van der Waals surface area (Å²) in [6.07, 6.45) is 5.64. The summed E-state index contributed by atoms with van der Waals surface area (Å²) in [5.41, 5.74) is 2.96. The maximum absolute atomic E-state index is 12.2. The van der Waals surface area contributed by atoms with Gasteiger partial charge in [-0.05, 0) is 24.3 Å². The Labute approximate surface area is 159 Å². The summed E-state index contributed by atoms with van der Waals surface area (Å²) in [6, 6.07) is 10.7. The van der Waals surface area contributed by atoms with Crippen molar-refractivity contribution >= 4 is 37.9 Å². The number of rotatable bonds is 6. The molecule has 4 aromatic rings. The quantitative estimate of drug-likeness (QED) is 0.508. The van der Waals surface area contributed by atoms with E-state index in [0.717, 1.165) is 34.5 Å². The van der Waals surface area contributed by atoms with Gasteiger partial charge in [0.15, 0.2) is 5.13 Å². The van der Waals surface area contributed by atoms with Gasteiger partial charge in [0.2, 0.25) is 0 Å². The SMILES string of the molecule is O=S(=O)(Nc1ccc(-c2csc(Nc3cccnc3)n2)cc1)c1cnoc1. The number of nitrogens with zero attached hydrogens (tertiary/aromatic N) is 3. The van der Waals surface area contributed by atoms with Crippen LogP contribution in [0, 0.1) is 0 Å². The first kappa shape index (κ1) is 17.2. The Morgan fingerprint density at radius 2 is 1.89 bits per heavy atom. The fourth-order valence-electron chi connectivity index (χ4n) is 2.27. The highest BCUT2D eigenvalue weighted by molar-refractivity contribution is 7.92. The highest BCUT2D eigenvalue weighted by Crippen LogP contribution is 2.28. The maximum Gasteiger partial charge on any atom is 0.266 e. The third-order valence-electron chi connectivity index (χ3n) is 3.57. The van der Waals surface area contributed by atoms with E-state index in [1.54, 1.807) is 36.7 Å². The van der Waals surface area contributed by atoms with Gasteiger partial charge >= 0.3 is 0 Å². The Morgan fingerprint density at radius 3 is 2.59 bits per heavy atom. The molecule has 136 valence electrons. The van der Waals surface area contributed by atoms with Crippen LogP contribution in [0.1, 0.15) is 0 Å². The van der Waals surface area contributed by atoms with Crippen molar-refractivity contribution in [1.29, 1.82) is 0 Å². The second kappa shape index (κ2) is 7.17. The molecule has 0 aliphatic heterocycles. The van der Waals surface area contributed by atoms with Gasteiger partial charge in [0.25, 0.3) is 10.0 Å². The summed E-state index contributed by atoms with van der Waals surface area (Å²) < 4.78 is 31.4. The van der Waals surface area contributed by atoms with Crippen molar-refractivity contribution in [3.05, 3.63) is 66.6 Å². The molecule has 0 saturated heterocycles. The summed E-state index contributed by atoms with van der Waals surface area (Å²) in [4.78, 5) is 8.56. The van der Waals surface area contributed by atoms with Crippen molar-refractivity contribution in [2.24, 2.45) is 0 Å². The van der Waals surface area contributed by atoms with Crippen LogP contribution in [0.5, 0.6) is 0 Å². The summed E-state index contributed by atoms with van der Waals surface area (Å²) >= 11 is 1.47. The fourth-order valence-corrected chi connectivity index (χ4v) is 3.93. The predicted molar refractivity (Wildman–Crippen MR) is 102 cm³/mol. The number of thiazole rings is 1. The normalized spacial score (nSPS) is 11.3. The summed E-state index contributed by atoms with van der Waals surface area (Å²) in [7, 11) is -3.71. The van der Waals surface area contributed by atoms with Crippen molar-refractivity contribution in [1.82, 2.24) is 15.1 Å². The van der Waals surface area contributed by atoms with E-state index in [9.17, 15) is 8.42 Å². The molecule has 3 heterocycles. The molecule has 27 heavy (non-hydrogen) atoms. The maximum atomic E-state index is 12.2. The molecule has 0 saturated carbocycles. The Balaban J connectivity index is 1.48. The molecule has 0 atom stereocenters. The van der Waals surface area contributed by atoms with Crippen LogP contribution in [0.4, 0.5) is 16.5 Å². The molecule has 8 nitrogen and oxygen atoms in total. The first-order chi connectivity index (χ1) is 13.1. The molecule has 0 spiro atoms. The molecule has 0 radical (unpaired) electrons. The van der Waals surface area contributed by atoms with Crippen LogP contribution in [-0.2, 0) is 10.0 Å². The van der Waals surface area contributed by atoms with E-state index in [1.165, 1.54) is 11.3 Å². The van der Waals surface area contributed by atoms with Crippen molar-refractivity contribution in [2.75, 3.05) is 10.0 Å². The van der Waals surface area contributed by atoms with Crippen LogP contribution in [0.2, 0.25) is 0 Å². The second-order valence-electron chi connectivity index (χ2n) is 5.45. The van der Waals surface area contributed by atoms with Gasteiger partial charge in [-0.2, -0.15) is 0 Å². The molecule has 0 aliphatic rings. The molecule has 10 heteroatoms. The number of hydrogen-bond donors (Lipinski definition) is 2. The number of anilines is 3. The van der Waals surface area contributed by atoms with E-state index in [2.05, 4.69) is 29.7 Å². The van der Waals surface area contributed by atoms with Crippen LogP contribution >= 0.6 is 11.3 Å². The number of nitrogens with one attached hydrogen (secondary N) is 2. The van der Waals surface area contributed by atoms with Gasteiger partial charge in [0.05, 0.1) is 23.8 Å². The summed E-state index contributed by atoms with van der Waals surface area (Å²) in [5, 5.41) is 9.27. The molecule has 0 unspecified atom stereocenters. The fraction of sp³-hybridized carbons (Fsp3) is 0. The third-order valence-corrected chi connectivity index (χ3v) is 5.65. The van der Waals surface area contributed by atoms with Gasteiger partial charge in [-0.25, -0.2) is 13.4 Å². The topological polar surface area (TPSA) is 110 Å². The van der Waals surface area contributed by atoms with Gasteiger partial charge in [0, 0.05) is 22.8 Å². The zero-order valence-electron chi connectivity index (χ0n) is 13.7. The number of hydrogen-bond acceptors (Lipinski definition) is 8. The van der Waals surface area contributed by atoms with Gasteiger partial charge < -0.3 is 9.84 Å². The van der Waals surface area contributed by atoms with Crippen molar-refractivity contribution in [2.45, 2.75) is 4.90 Å². The van der Waals surface area contributed by atoms with Crippen LogP contribution in [0.25, 0.3) is 11.3 Å². The Hall–Kier alpha value is -3.24. The Morgan fingerprint density at radius 1 is 1.04 bits per heavy atom. The minimum atomic E-state index is -3.71. The standard InChI is InChI=1S/C17H13N5O3S2/c23-27(24,15-9-19-25-10-15)22-13-5-3-12(4-6-13)16-11-26-17(21-16)20-14-2-1-7-18-8-14/h1-11,22H,(H,20,21). The monoisotopic (exact) mass is 399 g/mol. The van der Waals surface area contributed by atoms with Gasteiger partial charge in [-0.1, -0.05) is 17.3 Å². The largest absolute Gasteiger partial charge is 0.363 e. The molecule has 2 N–H and O–H groups in total. The lowest BCUT2D eigenvalue weighted by Crippen LogP contribution is -2.11. The van der Waals surface area contributed by atoms with Crippen molar-refractivity contribution in [3.8, 4) is 11.3 Å². The van der Waals surface area contributed by atoms with E-state index in [-0.39, 0.29) is 4.90 Å². The minimum Gasteiger partial charge on any atom is -0.363 e. The Bertz CT molecular complexity index is 1130. The molecule has 0 aliphatic carbocycles. The van der Waals surface area contributed by atoms with Gasteiger partial charge in [-0.15, -0.1) is 11.3 Å². The highest BCUT2D eigenvalue weighted by Gasteiger charge is 2.16. The van der Waals surface area contributed by atoms with Crippen molar-refractivity contribution in [3.63, 3.8) is 0 Å². The van der Waals surface area contributed by atoms with Crippen LogP contribution in [-0.4, -0.2) is 23.5 Å². The van der Waals surface area contributed by atoms with E-state index in [4.69, 9.17) is 0 Å². The van der Waals surface area contributed by atoms with Gasteiger partial charge in [-0.3, -0.25) is 9.71 Å². The number of pyridine rings is 1. The number of sulfonamides is 1. The molecule has 0 amide bonds. The zero-order valence-corrected chi connectivity index (χ0v) is 15.4. The lowest BCUT2D eigenvalue weighted by molar-refractivity contribution is 0.417. The average molecular weight is 399 g/mol. The van der Waals surface area contributed by atoms with Crippen LogP contribution in [0.3, 0.4) is 0 Å². The van der Waals surface area contributed by atoms with E-state index in [1.807, 2.05) is 17.5 Å². The van der Waals surface area contributed by atoms with E-state index in [0.29, 0.717) is 5.69 Å². The lowest BCUT2D eigenvalue weighted by Gasteiger charge is -2.06. The molecule has 0 bridgehead atoms. The highest BCUT2D eigenvalue weighted by atomic mass is 32.2. The molecular weight excluding hydrogens is 386 g/mol. The predicted octanol–water partition coefficient (Wildman–Crippen LogP) is 3.74. The Kier molecular flexibility index (Phi) is 4.57. The van der Waals surface area contributed by atoms with Gasteiger partial charge in [0.1, 0.15) is 11.2 Å². The minimum absolute atomic E-state index is 0.0304. The number of benzene rings is 1. The lowest BCUT2D eigenvalue weighted by atomic mass is 10.1. The first-order valence-corrected chi connectivity index (χ1v) is 10.1. The molecule has 3 aromatic heterocycles. The second-order valence-corrected chi connectivity index (χ2v) is 7.99. The summed E-state index contributed by atoms with van der Waals surface area (Å²) in [6.45, 7) is 0. The van der Waals surface area contributed by atoms with Crippen LogP contribution < -0.4 is 10.0 Å². The molecule has 0 fully saturated rings. The van der Waals surface area contributed by atoms with E-state index < -0.39 is 10.0 Å². The van der Waals surface area contributed by atoms with Crippen LogP contribution in [0.15, 0.2) is 76.1 Å². The number of aromatic nitrogens is 3. The molecular formula is C17H13N5O3S2. The third kappa shape index (κ3) is 3.96. The van der Waals surface area contributed by atoms with E-state index >= 15 is 0 Å².